The molecule has 2 aromatic rings. The minimum Gasteiger partial charge on any atom is -0.464 e. The molecule has 0 saturated carbocycles. The summed E-state index contributed by atoms with van der Waals surface area (Å²) in [6, 6.07) is 11.3. The molecular formula is C20H22N2O3. The first kappa shape index (κ1) is 15.9. The lowest BCUT2D eigenvalue weighted by molar-refractivity contribution is -0.126. The lowest BCUT2D eigenvalue weighted by Gasteiger charge is -2.38. The average Bonchev–Trinajstić information content (AvgIpc) is 3.24. The summed E-state index contributed by atoms with van der Waals surface area (Å²) in [4.78, 5) is 28.5. The van der Waals surface area contributed by atoms with E-state index in [0.29, 0.717) is 25.1 Å². The number of likely N-dealkylation sites (tertiary alicyclic amines) is 2. The van der Waals surface area contributed by atoms with Gasteiger partial charge in [-0.15, -0.1) is 0 Å². The van der Waals surface area contributed by atoms with Gasteiger partial charge < -0.3 is 14.2 Å². The van der Waals surface area contributed by atoms with Crippen molar-refractivity contribution in [2.45, 2.75) is 19.3 Å². The van der Waals surface area contributed by atoms with Crippen LogP contribution >= 0.6 is 0 Å². The Hall–Kier alpha value is -2.56. The molecule has 3 heterocycles. The Morgan fingerprint density at radius 2 is 1.96 bits per heavy atom. The van der Waals surface area contributed by atoms with Gasteiger partial charge in [0.05, 0.1) is 6.26 Å². The van der Waals surface area contributed by atoms with E-state index in [2.05, 4.69) is 0 Å². The van der Waals surface area contributed by atoms with E-state index in [1.54, 1.807) is 6.26 Å². The molecule has 4 rings (SSSR count). The molecular weight excluding hydrogens is 316 g/mol. The molecule has 0 bridgehead atoms. The monoisotopic (exact) mass is 338 g/mol. The van der Waals surface area contributed by atoms with E-state index in [0.717, 1.165) is 30.7 Å². The fourth-order valence-electron chi connectivity index (χ4n) is 4.05. The Morgan fingerprint density at radius 3 is 2.60 bits per heavy atom. The van der Waals surface area contributed by atoms with Crippen LogP contribution < -0.4 is 0 Å². The maximum absolute atomic E-state index is 12.9. The van der Waals surface area contributed by atoms with Crippen LogP contribution in [0.25, 0.3) is 11.3 Å². The highest BCUT2D eigenvalue weighted by Gasteiger charge is 2.44. The van der Waals surface area contributed by atoms with Crippen LogP contribution in [0.15, 0.2) is 47.1 Å². The Labute approximate surface area is 147 Å². The van der Waals surface area contributed by atoms with Gasteiger partial charge in [0.15, 0.2) is 0 Å². The first-order valence-corrected chi connectivity index (χ1v) is 8.74. The highest BCUT2D eigenvalue weighted by atomic mass is 16.3. The second-order valence-corrected chi connectivity index (χ2v) is 7.28. The van der Waals surface area contributed by atoms with Crippen molar-refractivity contribution >= 4 is 11.8 Å². The zero-order valence-electron chi connectivity index (χ0n) is 14.4. The van der Waals surface area contributed by atoms with E-state index in [9.17, 15) is 9.59 Å². The number of hydrogen-bond acceptors (Lipinski definition) is 3. The van der Waals surface area contributed by atoms with Gasteiger partial charge in [-0.25, -0.2) is 0 Å². The zero-order chi connectivity index (χ0) is 17.4. The van der Waals surface area contributed by atoms with Gasteiger partial charge >= 0.3 is 0 Å². The van der Waals surface area contributed by atoms with Crippen molar-refractivity contribution in [3.05, 3.63) is 48.2 Å². The normalized spacial score (nSPS) is 19.6. The fraction of sp³-hybridized carbons (Fsp3) is 0.400. The van der Waals surface area contributed by atoms with Gasteiger partial charge in [0, 0.05) is 49.6 Å². The van der Waals surface area contributed by atoms with Crippen LogP contribution in [0.3, 0.4) is 0 Å². The molecule has 2 amide bonds. The number of nitrogens with zero attached hydrogens (tertiary/aromatic N) is 2. The lowest BCUT2D eigenvalue weighted by Crippen LogP contribution is -2.44. The van der Waals surface area contributed by atoms with Crippen LogP contribution in [-0.4, -0.2) is 48.3 Å². The summed E-state index contributed by atoms with van der Waals surface area (Å²) in [7, 11) is 1.87. The molecule has 1 spiro atoms. The molecule has 0 aliphatic carbocycles. The summed E-state index contributed by atoms with van der Waals surface area (Å²) in [5, 5.41) is 0. The Kier molecular flexibility index (Phi) is 3.86. The van der Waals surface area contributed by atoms with E-state index in [1.165, 1.54) is 0 Å². The second-order valence-electron chi connectivity index (χ2n) is 7.28. The van der Waals surface area contributed by atoms with Gasteiger partial charge in [0.25, 0.3) is 5.91 Å². The largest absolute Gasteiger partial charge is 0.464 e. The second kappa shape index (κ2) is 6.06. The van der Waals surface area contributed by atoms with Crippen LogP contribution in [0, 0.1) is 5.41 Å². The quantitative estimate of drug-likeness (QED) is 0.846. The van der Waals surface area contributed by atoms with Crippen LogP contribution in [0.1, 0.15) is 29.6 Å². The molecule has 0 radical (unpaired) electrons. The van der Waals surface area contributed by atoms with Gasteiger partial charge in [0.1, 0.15) is 5.76 Å². The van der Waals surface area contributed by atoms with Gasteiger partial charge in [-0.05, 0) is 37.1 Å². The number of benzene rings is 1. The maximum Gasteiger partial charge on any atom is 0.253 e. The molecule has 0 atom stereocenters. The van der Waals surface area contributed by atoms with Crippen molar-refractivity contribution in [3.63, 3.8) is 0 Å². The summed E-state index contributed by atoms with van der Waals surface area (Å²) >= 11 is 0. The van der Waals surface area contributed by atoms with Crippen molar-refractivity contribution in [3.8, 4) is 11.3 Å². The molecule has 2 aliphatic rings. The molecule has 0 N–H and O–H groups in total. The SMILES string of the molecule is CN1CC2(CCN(C(=O)c3cccc(-c4ccco4)c3)CC2)CC1=O. The molecule has 1 aromatic heterocycles. The average molecular weight is 338 g/mol. The molecule has 130 valence electrons. The fourth-order valence-corrected chi connectivity index (χ4v) is 4.05. The van der Waals surface area contributed by atoms with Crippen molar-refractivity contribution < 1.29 is 14.0 Å². The number of rotatable bonds is 2. The van der Waals surface area contributed by atoms with Crippen LogP contribution in [-0.2, 0) is 4.79 Å². The third kappa shape index (κ3) is 2.95. The highest BCUT2D eigenvalue weighted by molar-refractivity contribution is 5.95. The minimum atomic E-state index is 0.0564. The summed E-state index contributed by atoms with van der Waals surface area (Å²) in [6.45, 7) is 2.25. The number of amides is 2. The first-order valence-electron chi connectivity index (χ1n) is 8.74. The topological polar surface area (TPSA) is 53.8 Å². The van der Waals surface area contributed by atoms with Gasteiger partial charge in [0.2, 0.25) is 5.91 Å². The highest BCUT2D eigenvalue weighted by Crippen LogP contribution is 2.40. The van der Waals surface area contributed by atoms with Crippen molar-refractivity contribution in [2.75, 3.05) is 26.7 Å². The number of carbonyl (C=O) groups is 2. The van der Waals surface area contributed by atoms with E-state index >= 15 is 0 Å². The van der Waals surface area contributed by atoms with E-state index in [4.69, 9.17) is 4.42 Å². The van der Waals surface area contributed by atoms with Crippen LogP contribution in [0.5, 0.6) is 0 Å². The molecule has 0 unspecified atom stereocenters. The molecule has 1 aromatic carbocycles. The predicted molar refractivity (Wildman–Crippen MR) is 94.0 cm³/mol. The third-order valence-electron chi connectivity index (χ3n) is 5.55. The molecule has 2 aliphatic heterocycles. The summed E-state index contributed by atoms with van der Waals surface area (Å²) in [5.74, 6) is 1.05. The Balaban J connectivity index is 1.46. The van der Waals surface area contributed by atoms with Crippen LogP contribution in [0.4, 0.5) is 0 Å². The van der Waals surface area contributed by atoms with E-state index in [1.807, 2.05) is 53.2 Å². The minimum absolute atomic E-state index is 0.0564. The Morgan fingerprint density at radius 1 is 1.16 bits per heavy atom. The molecule has 5 nitrogen and oxygen atoms in total. The van der Waals surface area contributed by atoms with Gasteiger partial charge in [-0.2, -0.15) is 0 Å². The molecule has 2 fully saturated rings. The summed E-state index contributed by atoms with van der Waals surface area (Å²) in [5.41, 5.74) is 1.66. The van der Waals surface area contributed by atoms with Gasteiger partial charge in [-0.1, -0.05) is 12.1 Å². The van der Waals surface area contributed by atoms with Gasteiger partial charge in [-0.3, -0.25) is 9.59 Å². The maximum atomic E-state index is 12.9. The number of carbonyl (C=O) groups excluding carboxylic acids is 2. The summed E-state index contributed by atoms with van der Waals surface area (Å²) < 4.78 is 5.42. The first-order chi connectivity index (χ1) is 12.1. The number of furan rings is 1. The summed E-state index contributed by atoms with van der Waals surface area (Å²) in [6.07, 6.45) is 4.05. The van der Waals surface area contributed by atoms with E-state index in [-0.39, 0.29) is 17.2 Å². The Bertz CT molecular complexity index is 789. The van der Waals surface area contributed by atoms with Crippen molar-refractivity contribution in [1.29, 1.82) is 0 Å². The molecule has 25 heavy (non-hydrogen) atoms. The van der Waals surface area contributed by atoms with Crippen molar-refractivity contribution in [1.82, 2.24) is 9.80 Å². The van der Waals surface area contributed by atoms with E-state index < -0.39 is 0 Å². The third-order valence-corrected chi connectivity index (χ3v) is 5.55. The number of piperidine rings is 1. The smallest absolute Gasteiger partial charge is 0.253 e. The number of hydrogen-bond donors (Lipinski definition) is 0. The lowest BCUT2D eigenvalue weighted by atomic mass is 9.77. The molecule has 5 heteroatoms. The van der Waals surface area contributed by atoms with Crippen LogP contribution in [0.2, 0.25) is 0 Å². The molecule has 2 saturated heterocycles. The zero-order valence-corrected chi connectivity index (χ0v) is 14.4. The van der Waals surface area contributed by atoms with Crippen molar-refractivity contribution in [2.24, 2.45) is 5.41 Å². The predicted octanol–water partition coefficient (Wildman–Crippen LogP) is 3.03. The standard InChI is InChI=1S/C20H22N2O3/c1-21-14-20(13-18(21)23)7-9-22(10-8-20)19(24)16-5-2-4-15(12-16)17-6-3-11-25-17/h2-6,11-12H,7-10,13-14H2,1H3.